The van der Waals surface area contributed by atoms with Crippen molar-refractivity contribution in [1.29, 1.82) is 0 Å². The molecule has 0 spiro atoms. The van der Waals surface area contributed by atoms with E-state index in [0.717, 1.165) is 5.57 Å². The lowest BCUT2D eigenvalue weighted by Crippen LogP contribution is -1.91. The fraction of sp³-hybridized carbons (Fsp3) is 0.143. The highest BCUT2D eigenvalue weighted by molar-refractivity contribution is 5.78. The summed E-state index contributed by atoms with van der Waals surface area (Å²) in [4.78, 5) is 10.5. The average Bonchev–Trinajstić information content (AvgIpc) is 2.78. The second-order valence-electron chi connectivity index (χ2n) is 3.66. The Morgan fingerprint density at radius 2 is 2.00 bits per heavy atom. The van der Waals surface area contributed by atoms with Crippen LogP contribution in [-0.4, -0.2) is 5.94 Å². The Balaban J connectivity index is 2.29. The SMILES string of the molecule is CC(=C=O)C1C=CC(c2ccccc2)=C1. The zero-order valence-electron chi connectivity index (χ0n) is 8.60. The third kappa shape index (κ3) is 1.98. The number of rotatable bonds is 2. The molecule has 1 aliphatic rings. The Bertz CT molecular complexity index is 459. The third-order valence-corrected chi connectivity index (χ3v) is 2.61. The van der Waals surface area contributed by atoms with Gasteiger partial charge in [0.05, 0.1) is 0 Å². The van der Waals surface area contributed by atoms with Crippen LogP contribution in [0.15, 0.2) is 54.1 Å². The Morgan fingerprint density at radius 3 is 2.67 bits per heavy atom. The van der Waals surface area contributed by atoms with Gasteiger partial charge in [-0.3, -0.25) is 0 Å². The summed E-state index contributed by atoms with van der Waals surface area (Å²) < 4.78 is 0. The Labute approximate surface area is 89.4 Å². The summed E-state index contributed by atoms with van der Waals surface area (Å²) in [5.41, 5.74) is 3.10. The van der Waals surface area contributed by atoms with Gasteiger partial charge >= 0.3 is 0 Å². The zero-order valence-corrected chi connectivity index (χ0v) is 8.60. The van der Waals surface area contributed by atoms with Crippen LogP contribution in [-0.2, 0) is 4.79 Å². The predicted octanol–water partition coefficient (Wildman–Crippen LogP) is 3.03. The first-order chi connectivity index (χ1) is 7.31. The number of benzene rings is 1. The molecule has 1 unspecified atom stereocenters. The minimum atomic E-state index is 0.123. The molecular weight excluding hydrogens is 184 g/mol. The van der Waals surface area contributed by atoms with Crippen LogP contribution in [0.2, 0.25) is 0 Å². The molecule has 0 aromatic heterocycles. The first-order valence-corrected chi connectivity index (χ1v) is 4.98. The van der Waals surface area contributed by atoms with Gasteiger partial charge in [0, 0.05) is 11.5 Å². The molecule has 15 heavy (non-hydrogen) atoms. The number of allylic oxidation sites excluding steroid dienone is 5. The quantitative estimate of drug-likeness (QED) is 0.664. The second kappa shape index (κ2) is 4.12. The van der Waals surface area contributed by atoms with E-state index in [0.29, 0.717) is 0 Å². The van der Waals surface area contributed by atoms with E-state index in [4.69, 9.17) is 0 Å². The molecule has 1 atom stereocenters. The molecule has 0 bridgehead atoms. The maximum absolute atomic E-state index is 10.5. The van der Waals surface area contributed by atoms with E-state index in [-0.39, 0.29) is 5.92 Å². The minimum absolute atomic E-state index is 0.123. The molecule has 1 heteroatoms. The zero-order chi connectivity index (χ0) is 10.7. The monoisotopic (exact) mass is 196 g/mol. The van der Waals surface area contributed by atoms with E-state index in [2.05, 4.69) is 24.3 Å². The van der Waals surface area contributed by atoms with Crippen molar-refractivity contribution in [2.75, 3.05) is 0 Å². The number of hydrogen-bond donors (Lipinski definition) is 0. The minimum Gasteiger partial charge on any atom is -0.234 e. The molecular formula is C14H12O. The summed E-state index contributed by atoms with van der Waals surface area (Å²) in [5, 5.41) is 0. The smallest absolute Gasteiger partial charge is 0.124 e. The Kier molecular flexibility index (Phi) is 2.66. The van der Waals surface area contributed by atoms with Gasteiger partial charge in [-0.25, -0.2) is 4.79 Å². The van der Waals surface area contributed by atoms with Crippen molar-refractivity contribution in [3.8, 4) is 0 Å². The lowest BCUT2D eigenvalue weighted by atomic mass is 10.0. The molecule has 1 aromatic rings. The van der Waals surface area contributed by atoms with Gasteiger partial charge in [-0.15, -0.1) is 0 Å². The topological polar surface area (TPSA) is 17.1 Å². The third-order valence-electron chi connectivity index (χ3n) is 2.61. The highest BCUT2D eigenvalue weighted by Gasteiger charge is 2.12. The van der Waals surface area contributed by atoms with Crippen LogP contribution in [0.4, 0.5) is 0 Å². The van der Waals surface area contributed by atoms with Gasteiger partial charge in [0.2, 0.25) is 0 Å². The van der Waals surface area contributed by atoms with Gasteiger partial charge in [0.25, 0.3) is 0 Å². The van der Waals surface area contributed by atoms with Crippen molar-refractivity contribution < 1.29 is 4.79 Å². The van der Waals surface area contributed by atoms with Crippen LogP contribution < -0.4 is 0 Å². The van der Waals surface area contributed by atoms with E-state index in [1.54, 1.807) is 0 Å². The molecule has 1 aromatic carbocycles. The first-order valence-electron chi connectivity index (χ1n) is 4.98. The van der Waals surface area contributed by atoms with E-state index < -0.39 is 0 Å². The molecule has 0 heterocycles. The molecule has 0 aliphatic heterocycles. The highest BCUT2D eigenvalue weighted by atomic mass is 16.1. The van der Waals surface area contributed by atoms with Gasteiger partial charge in [-0.2, -0.15) is 0 Å². The summed E-state index contributed by atoms with van der Waals surface area (Å²) in [7, 11) is 0. The fourth-order valence-electron chi connectivity index (χ4n) is 1.67. The van der Waals surface area contributed by atoms with Gasteiger partial charge in [-0.1, -0.05) is 48.6 Å². The summed E-state index contributed by atoms with van der Waals surface area (Å²) in [6, 6.07) is 10.2. The maximum Gasteiger partial charge on any atom is 0.124 e. The van der Waals surface area contributed by atoms with E-state index in [1.165, 1.54) is 11.1 Å². The Morgan fingerprint density at radius 1 is 1.27 bits per heavy atom. The van der Waals surface area contributed by atoms with Crippen LogP contribution >= 0.6 is 0 Å². The normalized spacial score (nSPS) is 18.5. The molecule has 0 amide bonds. The highest BCUT2D eigenvalue weighted by Crippen LogP contribution is 2.27. The maximum atomic E-state index is 10.5. The van der Waals surface area contributed by atoms with Crippen molar-refractivity contribution in [2.24, 2.45) is 5.92 Å². The second-order valence-corrected chi connectivity index (χ2v) is 3.66. The predicted molar refractivity (Wildman–Crippen MR) is 61.9 cm³/mol. The molecule has 0 saturated carbocycles. The van der Waals surface area contributed by atoms with E-state index >= 15 is 0 Å². The van der Waals surface area contributed by atoms with Crippen LogP contribution in [0.3, 0.4) is 0 Å². The van der Waals surface area contributed by atoms with Crippen molar-refractivity contribution in [2.45, 2.75) is 6.92 Å². The average molecular weight is 196 g/mol. The first kappa shape index (κ1) is 9.70. The van der Waals surface area contributed by atoms with Crippen LogP contribution in [0.25, 0.3) is 5.57 Å². The van der Waals surface area contributed by atoms with Crippen LogP contribution in [0.1, 0.15) is 12.5 Å². The van der Waals surface area contributed by atoms with Crippen molar-refractivity contribution in [3.05, 3.63) is 59.7 Å². The van der Waals surface area contributed by atoms with E-state index in [9.17, 15) is 4.79 Å². The lowest BCUT2D eigenvalue weighted by molar-refractivity contribution is 0.565. The van der Waals surface area contributed by atoms with Crippen molar-refractivity contribution in [1.82, 2.24) is 0 Å². The van der Waals surface area contributed by atoms with Gasteiger partial charge in [-0.05, 0) is 18.1 Å². The van der Waals surface area contributed by atoms with Crippen LogP contribution in [0, 0.1) is 5.92 Å². The fourth-order valence-corrected chi connectivity index (χ4v) is 1.67. The van der Waals surface area contributed by atoms with Gasteiger partial charge < -0.3 is 0 Å². The summed E-state index contributed by atoms with van der Waals surface area (Å²) >= 11 is 0. The lowest BCUT2D eigenvalue weighted by Gasteiger charge is -2.00. The summed E-state index contributed by atoms with van der Waals surface area (Å²) in [6.45, 7) is 1.81. The molecule has 1 aliphatic carbocycles. The van der Waals surface area contributed by atoms with Gasteiger partial charge in [0.1, 0.15) is 5.94 Å². The number of hydrogen-bond acceptors (Lipinski definition) is 1. The molecule has 0 radical (unpaired) electrons. The molecule has 74 valence electrons. The van der Waals surface area contributed by atoms with Crippen LogP contribution in [0.5, 0.6) is 0 Å². The largest absolute Gasteiger partial charge is 0.234 e. The Hall–Kier alpha value is -1.85. The molecule has 0 N–H and O–H groups in total. The van der Waals surface area contributed by atoms with E-state index in [1.807, 2.05) is 37.1 Å². The van der Waals surface area contributed by atoms with Crippen molar-refractivity contribution >= 4 is 11.5 Å². The standard InChI is InChI=1S/C14H12O/c1-11(10-15)13-7-8-14(9-13)12-5-3-2-4-6-12/h2-9,13H,1H3. The molecule has 0 fully saturated rings. The van der Waals surface area contributed by atoms with Gasteiger partial charge in [0.15, 0.2) is 0 Å². The molecule has 1 nitrogen and oxygen atoms in total. The summed E-state index contributed by atoms with van der Waals surface area (Å²) in [6.07, 6.45) is 6.18. The molecule has 0 saturated heterocycles. The molecule has 2 rings (SSSR count). The number of carbonyl (C=O) groups excluding carboxylic acids is 1. The van der Waals surface area contributed by atoms with Crippen molar-refractivity contribution in [3.63, 3.8) is 0 Å². The summed E-state index contributed by atoms with van der Waals surface area (Å²) in [5.74, 6) is 2.07.